The Balaban J connectivity index is 2.29. The first-order chi connectivity index (χ1) is 6.36. The van der Waals surface area contributed by atoms with E-state index in [4.69, 9.17) is 0 Å². The van der Waals surface area contributed by atoms with E-state index in [1.165, 1.54) is 19.4 Å². The zero-order valence-corrected chi connectivity index (χ0v) is 8.25. The van der Waals surface area contributed by atoms with E-state index in [2.05, 4.69) is 23.7 Å². The first kappa shape index (κ1) is 10.3. The molecule has 1 saturated heterocycles. The molecule has 2 heteroatoms. The van der Waals surface area contributed by atoms with Crippen molar-refractivity contribution >= 4 is 6.29 Å². The van der Waals surface area contributed by atoms with Crippen LogP contribution in [0.4, 0.5) is 0 Å². The van der Waals surface area contributed by atoms with Gasteiger partial charge in [0.25, 0.3) is 0 Å². The van der Waals surface area contributed by atoms with Gasteiger partial charge in [0.15, 0.2) is 6.29 Å². The Bertz CT molecular complexity index is 214. The molecule has 0 saturated carbocycles. The molecule has 1 fully saturated rings. The average molecular weight is 179 g/mol. The molecule has 2 nitrogen and oxygen atoms in total. The van der Waals surface area contributed by atoms with Gasteiger partial charge in [0.05, 0.1) is 0 Å². The van der Waals surface area contributed by atoms with Crippen LogP contribution in [-0.2, 0) is 4.79 Å². The van der Waals surface area contributed by atoms with Gasteiger partial charge in [0, 0.05) is 13.0 Å². The number of carbonyl (C=O) groups is 1. The molecule has 1 rings (SSSR count). The van der Waals surface area contributed by atoms with E-state index < -0.39 is 0 Å². The highest BCUT2D eigenvalue weighted by atomic mass is 16.1. The summed E-state index contributed by atoms with van der Waals surface area (Å²) in [6.07, 6.45) is 4.11. The maximum atomic E-state index is 9.98. The Morgan fingerprint density at radius 3 is 3.15 bits per heavy atom. The van der Waals surface area contributed by atoms with E-state index in [1.807, 2.05) is 0 Å². The van der Waals surface area contributed by atoms with Crippen LogP contribution >= 0.6 is 0 Å². The Morgan fingerprint density at radius 1 is 1.62 bits per heavy atom. The molecule has 0 radical (unpaired) electrons. The lowest BCUT2D eigenvalue weighted by Gasteiger charge is -2.30. The van der Waals surface area contributed by atoms with Gasteiger partial charge in [-0.25, -0.2) is 0 Å². The first-order valence-corrected chi connectivity index (χ1v) is 5.01. The molecule has 0 spiro atoms. The van der Waals surface area contributed by atoms with Crippen molar-refractivity contribution in [1.29, 1.82) is 0 Å². The fraction of sp³-hybridized carbons (Fsp3) is 0.727. The molecule has 0 aromatic carbocycles. The molecule has 0 aromatic heterocycles. The van der Waals surface area contributed by atoms with Crippen LogP contribution in [0.25, 0.3) is 0 Å². The van der Waals surface area contributed by atoms with Crippen molar-refractivity contribution in [3.8, 4) is 11.8 Å². The monoisotopic (exact) mass is 179 g/mol. The summed E-state index contributed by atoms with van der Waals surface area (Å²) in [5.74, 6) is 6.07. The van der Waals surface area contributed by atoms with Gasteiger partial charge in [-0.15, -0.1) is 0 Å². The number of likely N-dealkylation sites (tertiary alicyclic amines) is 1. The number of rotatable bonds is 2. The van der Waals surface area contributed by atoms with Crippen molar-refractivity contribution in [3.63, 3.8) is 0 Å². The summed E-state index contributed by atoms with van der Waals surface area (Å²) < 4.78 is 0. The zero-order valence-electron chi connectivity index (χ0n) is 8.25. The summed E-state index contributed by atoms with van der Waals surface area (Å²) in [5.41, 5.74) is 0. The molecule has 1 heterocycles. The molecule has 0 bridgehead atoms. The van der Waals surface area contributed by atoms with Crippen molar-refractivity contribution in [1.82, 2.24) is 4.90 Å². The zero-order chi connectivity index (χ0) is 9.52. The highest BCUT2D eigenvalue weighted by molar-refractivity contribution is 5.72. The maximum absolute atomic E-state index is 9.98. The minimum Gasteiger partial charge on any atom is -0.303 e. The first-order valence-electron chi connectivity index (χ1n) is 5.01. The minimum atomic E-state index is 0.681. The largest absolute Gasteiger partial charge is 0.303 e. The van der Waals surface area contributed by atoms with Gasteiger partial charge in [0.1, 0.15) is 0 Å². The molecular formula is C11H17NO. The molecule has 72 valence electrons. The molecule has 0 aliphatic carbocycles. The van der Waals surface area contributed by atoms with Gasteiger partial charge in [-0.1, -0.05) is 12.8 Å². The van der Waals surface area contributed by atoms with Gasteiger partial charge in [-0.2, -0.15) is 0 Å². The third kappa shape index (κ3) is 3.61. The summed E-state index contributed by atoms with van der Waals surface area (Å²) in [6, 6.07) is 0. The third-order valence-corrected chi connectivity index (χ3v) is 2.60. The van der Waals surface area contributed by atoms with Crippen LogP contribution in [0.2, 0.25) is 0 Å². The predicted octanol–water partition coefficient (Wildman–Crippen LogP) is 1.31. The number of hydrogen-bond acceptors (Lipinski definition) is 2. The summed E-state index contributed by atoms with van der Waals surface area (Å²) in [6.45, 7) is 5.72. The van der Waals surface area contributed by atoms with Gasteiger partial charge >= 0.3 is 0 Å². The minimum absolute atomic E-state index is 0.681. The van der Waals surface area contributed by atoms with Crippen LogP contribution < -0.4 is 0 Å². The number of hydrogen-bond donors (Lipinski definition) is 0. The van der Waals surface area contributed by atoms with Crippen LogP contribution in [0.15, 0.2) is 0 Å². The maximum Gasteiger partial charge on any atom is 0.192 e. The van der Waals surface area contributed by atoms with Crippen molar-refractivity contribution in [2.45, 2.75) is 26.2 Å². The van der Waals surface area contributed by atoms with Crippen LogP contribution in [0.3, 0.4) is 0 Å². The second-order valence-corrected chi connectivity index (χ2v) is 3.54. The SMILES string of the molecule is CCN1CCCC(CC#CC=O)C1. The van der Waals surface area contributed by atoms with E-state index >= 15 is 0 Å². The van der Waals surface area contributed by atoms with Gasteiger partial charge < -0.3 is 4.90 Å². The van der Waals surface area contributed by atoms with Crippen molar-refractivity contribution < 1.29 is 4.79 Å². The van der Waals surface area contributed by atoms with Crippen LogP contribution in [0.5, 0.6) is 0 Å². The van der Waals surface area contributed by atoms with Crippen molar-refractivity contribution in [3.05, 3.63) is 0 Å². The fourth-order valence-corrected chi connectivity index (χ4v) is 1.85. The molecule has 1 aliphatic heterocycles. The van der Waals surface area contributed by atoms with Gasteiger partial charge in [-0.3, -0.25) is 4.79 Å². The molecule has 0 amide bonds. The normalized spacial score (nSPS) is 23.3. The number of carbonyl (C=O) groups excluding carboxylic acids is 1. The average Bonchev–Trinajstić information content (AvgIpc) is 2.19. The molecule has 1 aliphatic rings. The molecule has 13 heavy (non-hydrogen) atoms. The predicted molar refractivity (Wildman–Crippen MR) is 53.3 cm³/mol. The molecule has 0 aromatic rings. The lowest BCUT2D eigenvalue weighted by Crippen LogP contribution is -2.34. The smallest absolute Gasteiger partial charge is 0.192 e. The van der Waals surface area contributed by atoms with Gasteiger partial charge in [0.2, 0.25) is 0 Å². The molecule has 1 unspecified atom stereocenters. The van der Waals surface area contributed by atoms with Crippen molar-refractivity contribution in [2.75, 3.05) is 19.6 Å². The summed E-state index contributed by atoms with van der Waals surface area (Å²) in [7, 11) is 0. The Morgan fingerprint density at radius 2 is 2.46 bits per heavy atom. The topological polar surface area (TPSA) is 20.3 Å². The number of nitrogens with zero attached hydrogens (tertiary/aromatic N) is 1. The van der Waals surface area contributed by atoms with E-state index in [1.54, 1.807) is 0 Å². The Kier molecular flexibility index (Phi) is 4.56. The van der Waals surface area contributed by atoms with E-state index in [-0.39, 0.29) is 0 Å². The Labute approximate surface area is 80.3 Å². The van der Waals surface area contributed by atoms with E-state index in [9.17, 15) is 4.79 Å². The van der Waals surface area contributed by atoms with Crippen LogP contribution in [-0.4, -0.2) is 30.8 Å². The van der Waals surface area contributed by atoms with E-state index in [0.717, 1.165) is 19.5 Å². The standard InChI is InChI=1S/C11H17NO/c1-2-12-8-5-7-11(10-12)6-3-4-9-13/h9,11H,2,5-8,10H2,1H3. The van der Waals surface area contributed by atoms with E-state index in [0.29, 0.717) is 12.2 Å². The van der Waals surface area contributed by atoms with Crippen LogP contribution in [0.1, 0.15) is 26.2 Å². The van der Waals surface area contributed by atoms with Gasteiger partial charge in [-0.05, 0) is 37.8 Å². The fourth-order valence-electron chi connectivity index (χ4n) is 1.85. The number of aldehydes is 1. The second-order valence-electron chi connectivity index (χ2n) is 3.54. The lowest BCUT2D eigenvalue weighted by molar-refractivity contribution is -0.103. The highest BCUT2D eigenvalue weighted by Gasteiger charge is 2.17. The number of piperidine rings is 1. The molecular weight excluding hydrogens is 162 g/mol. The Hall–Kier alpha value is -0.810. The van der Waals surface area contributed by atoms with Crippen LogP contribution in [0, 0.1) is 17.8 Å². The summed E-state index contributed by atoms with van der Waals surface area (Å²) in [5, 5.41) is 0. The summed E-state index contributed by atoms with van der Waals surface area (Å²) in [4.78, 5) is 12.4. The quantitative estimate of drug-likeness (QED) is 0.470. The third-order valence-electron chi connectivity index (χ3n) is 2.60. The molecule has 0 N–H and O–H groups in total. The molecule has 1 atom stereocenters. The van der Waals surface area contributed by atoms with Crippen molar-refractivity contribution in [2.24, 2.45) is 5.92 Å². The highest BCUT2D eigenvalue weighted by Crippen LogP contribution is 2.18. The lowest BCUT2D eigenvalue weighted by atomic mass is 9.95. The summed E-state index contributed by atoms with van der Waals surface area (Å²) >= 11 is 0. The second kappa shape index (κ2) is 5.77.